The van der Waals surface area contributed by atoms with E-state index in [1.165, 1.54) is 32.4 Å². The quantitative estimate of drug-likeness (QED) is 0.326. The van der Waals surface area contributed by atoms with Gasteiger partial charge in [-0.25, -0.2) is 4.79 Å². The van der Waals surface area contributed by atoms with E-state index in [0.29, 0.717) is 5.56 Å². The van der Waals surface area contributed by atoms with Gasteiger partial charge in [-0.1, -0.05) is 0 Å². The number of aliphatic hydroxyl groups excluding tert-OH is 1. The van der Waals surface area contributed by atoms with Crippen molar-refractivity contribution in [1.82, 2.24) is 0 Å². The average Bonchev–Trinajstić information content (AvgIpc) is 2.71. The zero-order valence-corrected chi connectivity index (χ0v) is 16.2. The van der Waals surface area contributed by atoms with Crippen LogP contribution in [0.15, 0.2) is 24.3 Å². The molecule has 1 aliphatic rings. The molecule has 0 amide bonds. The molecule has 10 nitrogen and oxygen atoms in total. The number of phenolic OH excluding ortho intramolecular Hbond substituents is 3. The van der Waals surface area contributed by atoms with Crippen LogP contribution in [0.1, 0.15) is 22.6 Å². The number of benzene rings is 2. The van der Waals surface area contributed by atoms with Crippen LogP contribution < -0.4 is 9.47 Å². The topological polar surface area (TPSA) is 177 Å². The van der Waals surface area contributed by atoms with Crippen LogP contribution >= 0.6 is 0 Å². The first-order valence-corrected chi connectivity index (χ1v) is 8.82. The minimum Gasteiger partial charge on any atom is -0.504 e. The van der Waals surface area contributed by atoms with E-state index in [1.54, 1.807) is 0 Å². The van der Waals surface area contributed by atoms with Crippen LogP contribution in [0.2, 0.25) is 0 Å². The van der Waals surface area contributed by atoms with Crippen molar-refractivity contribution in [2.45, 2.75) is 23.5 Å². The van der Waals surface area contributed by atoms with Crippen LogP contribution in [0.5, 0.6) is 28.7 Å². The lowest BCUT2D eigenvalue weighted by Gasteiger charge is -2.48. The summed E-state index contributed by atoms with van der Waals surface area (Å²) < 4.78 is 10.1. The molecule has 0 fully saturated rings. The highest BCUT2D eigenvalue weighted by atomic mass is 16.5. The highest BCUT2D eigenvalue weighted by molar-refractivity contribution is 5.83. The molecule has 2 aromatic rings. The van der Waals surface area contributed by atoms with Crippen molar-refractivity contribution >= 4 is 5.97 Å². The highest BCUT2D eigenvalue weighted by Gasteiger charge is 2.63. The van der Waals surface area contributed by atoms with Crippen molar-refractivity contribution in [1.29, 1.82) is 0 Å². The minimum atomic E-state index is -2.97. The van der Waals surface area contributed by atoms with Crippen LogP contribution in [0.25, 0.3) is 0 Å². The zero-order valence-electron chi connectivity index (χ0n) is 16.2. The van der Waals surface area contributed by atoms with Gasteiger partial charge < -0.3 is 45.2 Å². The number of aliphatic hydroxyl groups is 3. The average molecular weight is 422 g/mol. The number of carbonyl (C=O) groups is 1. The number of hydrogen-bond donors (Lipinski definition) is 7. The number of ether oxygens (including phenoxy) is 2. The third kappa shape index (κ3) is 2.88. The molecule has 162 valence electrons. The summed E-state index contributed by atoms with van der Waals surface area (Å²) in [5, 5.41) is 72.2. The SMILES string of the molecule is COc1cc2c(cc1O)[C@H](c1cc(O)c(O)c(OC)c1)[C@@](O)(C(=O)O)[C@](O)(CO)C2. The summed E-state index contributed by atoms with van der Waals surface area (Å²) in [4.78, 5) is 12.2. The van der Waals surface area contributed by atoms with Crippen molar-refractivity contribution in [3.8, 4) is 28.7 Å². The normalized spacial score (nSPS) is 25.4. The Morgan fingerprint density at radius 2 is 1.67 bits per heavy atom. The van der Waals surface area contributed by atoms with E-state index in [-0.39, 0.29) is 28.4 Å². The van der Waals surface area contributed by atoms with Crippen molar-refractivity contribution < 1.29 is 50.0 Å². The number of carboxylic acid groups (broad SMARTS) is 1. The summed E-state index contributed by atoms with van der Waals surface area (Å²) in [7, 11) is 2.51. The fourth-order valence-corrected chi connectivity index (χ4v) is 4.01. The molecule has 0 saturated heterocycles. The molecule has 7 N–H and O–H groups in total. The number of aliphatic carboxylic acids is 1. The molecule has 0 bridgehead atoms. The lowest BCUT2D eigenvalue weighted by molar-refractivity contribution is -0.208. The smallest absolute Gasteiger partial charge is 0.339 e. The Balaban J connectivity index is 2.41. The van der Waals surface area contributed by atoms with Crippen molar-refractivity contribution in [3.05, 3.63) is 41.0 Å². The van der Waals surface area contributed by atoms with Gasteiger partial charge in [-0.15, -0.1) is 0 Å². The van der Waals surface area contributed by atoms with E-state index in [4.69, 9.17) is 9.47 Å². The molecule has 0 heterocycles. The Morgan fingerprint density at radius 3 is 2.20 bits per heavy atom. The van der Waals surface area contributed by atoms with E-state index >= 15 is 0 Å². The molecule has 0 saturated carbocycles. The number of hydrogen-bond acceptors (Lipinski definition) is 9. The Labute approximate surface area is 170 Å². The van der Waals surface area contributed by atoms with Gasteiger partial charge >= 0.3 is 5.97 Å². The summed E-state index contributed by atoms with van der Waals surface area (Å²) in [5.74, 6) is -5.20. The Hall–Kier alpha value is -3.21. The summed E-state index contributed by atoms with van der Waals surface area (Å²) in [6.45, 7) is -1.10. The predicted molar refractivity (Wildman–Crippen MR) is 101 cm³/mol. The number of aromatic hydroxyl groups is 3. The van der Waals surface area contributed by atoms with Crippen LogP contribution in [0.3, 0.4) is 0 Å². The number of fused-ring (bicyclic) bond motifs is 1. The van der Waals surface area contributed by atoms with E-state index < -0.39 is 47.6 Å². The Morgan fingerprint density at radius 1 is 1.03 bits per heavy atom. The number of phenols is 3. The molecule has 0 radical (unpaired) electrons. The van der Waals surface area contributed by atoms with Gasteiger partial charge in [0.15, 0.2) is 23.0 Å². The van der Waals surface area contributed by atoms with E-state index in [1.807, 2.05) is 0 Å². The van der Waals surface area contributed by atoms with Crippen LogP contribution in [0, 0.1) is 0 Å². The summed E-state index contributed by atoms with van der Waals surface area (Å²) in [5.41, 5.74) is -5.14. The zero-order chi connectivity index (χ0) is 22.4. The van der Waals surface area contributed by atoms with Gasteiger partial charge in [0.1, 0.15) is 5.60 Å². The van der Waals surface area contributed by atoms with E-state index in [0.717, 1.165) is 6.07 Å². The molecule has 3 rings (SSSR count). The summed E-state index contributed by atoms with van der Waals surface area (Å²) in [6.07, 6.45) is -0.462. The third-order valence-electron chi connectivity index (χ3n) is 5.58. The van der Waals surface area contributed by atoms with Crippen LogP contribution in [0.4, 0.5) is 0 Å². The van der Waals surface area contributed by atoms with Gasteiger partial charge in [-0.05, 0) is 41.0 Å². The molecule has 1 aliphatic carbocycles. The molecule has 0 aliphatic heterocycles. The minimum absolute atomic E-state index is 0.0414. The van der Waals surface area contributed by atoms with E-state index in [2.05, 4.69) is 0 Å². The first kappa shape index (κ1) is 21.5. The summed E-state index contributed by atoms with van der Waals surface area (Å²) >= 11 is 0. The summed E-state index contributed by atoms with van der Waals surface area (Å²) in [6, 6.07) is 4.73. The molecule has 0 unspecified atom stereocenters. The first-order chi connectivity index (χ1) is 14.0. The van der Waals surface area contributed by atoms with Gasteiger partial charge in [-0.2, -0.15) is 0 Å². The highest BCUT2D eigenvalue weighted by Crippen LogP contribution is 2.52. The molecule has 0 spiro atoms. The molecule has 3 atom stereocenters. The number of carboxylic acids is 1. The van der Waals surface area contributed by atoms with Gasteiger partial charge in [-0.3, -0.25) is 0 Å². The van der Waals surface area contributed by atoms with Gasteiger partial charge in [0, 0.05) is 6.42 Å². The van der Waals surface area contributed by atoms with E-state index in [9.17, 15) is 40.5 Å². The standard InChI is InChI=1S/C20H22O10/c1-29-14-5-10-7-19(27,8-21)20(28,18(25)26)16(11(10)6-12(14)22)9-3-13(23)17(24)15(4-9)30-2/h3-6,16,21-24,27-28H,7-8H2,1-2H3,(H,25,26)/t16-,19+,20+/m0/s1. The monoisotopic (exact) mass is 422 g/mol. The second kappa shape index (κ2) is 7.24. The second-order valence-corrected chi connectivity index (χ2v) is 7.18. The predicted octanol–water partition coefficient (Wildman–Crippen LogP) is 0.0477. The second-order valence-electron chi connectivity index (χ2n) is 7.18. The molecule has 0 aromatic heterocycles. The van der Waals surface area contributed by atoms with Crippen molar-refractivity contribution in [3.63, 3.8) is 0 Å². The maximum atomic E-state index is 12.2. The largest absolute Gasteiger partial charge is 0.504 e. The molecular weight excluding hydrogens is 400 g/mol. The lowest BCUT2D eigenvalue weighted by atomic mass is 9.61. The maximum Gasteiger partial charge on any atom is 0.339 e. The number of methoxy groups -OCH3 is 2. The molecule has 2 aromatic carbocycles. The fourth-order valence-electron chi connectivity index (χ4n) is 4.01. The first-order valence-electron chi connectivity index (χ1n) is 8.82. The Kier molecular flexibility index (Phi) is 5.19. The van der Waals surface area contributed by atoms with Crippen LogP contribution in [-0.2, 0) is 11.2 Å². The maximum absolute atomic E-state index is 12.2. The number of rotatable bonds is 5. The van der Waals surface area contributed by atoms with Crippen molar-refractivity contribution in [2.24, 2.45) is 0 Å². The Bertz CT molecular complexity index is 1000. The molecular formula is C20H22O10. The van der Waals surface area contributed by atoms with Crippen LogP contribution in [-0.4, -0.2) is 73.7 Å². The molecule has 30 heavy (non-hydrogen) atoms. The third-order valence-corrected chi connectivity index (χ3v) is 5.58. The molecule has 10 heteroatoms. The van der Waals surface area contributed by atoms with Gasteiger partial charge in [0.05, 0.1) is 26.7 Å². The van der Waals surface area contributed by atoms with Crippen molar-refractivity contribution in [2.75, 3.05) is 20.8 Å². The lowest BCUT2D eigenvalue weighted by Crippen LogP contribution is -2.67. The van der Waals surface area contributed by atoms with Gasteiger partial charge in [0.25, 0.3) is 0 Å². The van der Waals surface area contributed by atoms with Gasteiger partial charge in [0.2, 0.25) is 11.4 Å². The fraction of sp³-hybridized carbons (Fsp3) is 0.350.